The molecule has 15 nitrogen and oxygen atoms in total. The van der Waals surface area contributed by atoms with Crippen molar-refractivity contribution in [1.29, 1.82) is 0 Å². The summed E-state index contributed by atoms with van der Waals surface area (Å²) in [5.41, 5.74) is 0. The third-order valence-electron chi connectivity index (χ3n) is 12.6. The average Bonchev–Trinajstić information content (AvgIpc) is 3.33. The van der Waals surface area contributed by atoms with Crippen LogP contribution < -0.4 is 0 Å². The Morgan fingerprint density at radius 3 is 1.43 bits per heavy atom. The van der Waals surface area contributed by atoms with Crippen LogP contribution in [-0.2, 0) is 38.0 Å². The van der Waals surface area contributed by atoms with Crippen LogP contribution in [0.4, 0.5) is 0 Å². The number of esters is 2. The van der Waals surface area contributed by atoms with Crippen molar-refractivity contribution in [2.75, 3.05) is 26.4 Å². The lowest BCUT2D eigenvalue weighted by Gasteiger charge is -2.42. The Labute approximate surface area is 408 Å². The maximum Gasteiger partial charge on any atom is 0.306 e. The van der Waals surface area contributed by atoms with Crippen LogP contribution in [0.25, 0.3) is 0 Å². The number of unbranched alkanes of at least 4 members (excludes halogenated alkanes) is 21. The molecule has 0 aromatic carbocycles. The van der Waals surface area contributed by atoms with E-state index in [1.54, 1.807) is 0 Å². The van der Waals surface area contributed by atoms with Gasteiger partial charge in [0.15, 0.2) is 18.7 Å². The van der Waals surface area contributed by atoms with Crippen LogP contribution in [0.2, 0.25) is 0 Å². The molecule has 0 aliphatic carbocycles. The van der Waals surface area contributed by atoms with Crippen LogP contribution >= 0.6 is 0 Å². The van der Waals surface area contributed by atoms with Crippen molar-refractivity contribution in [3.63, 3.8) is 0 Å². The molecule has 0 saturated carbocycles. The van der Waals surface area contributed by atoms with Crippen molar-refractivity contribution in [2.24, 2.45) is 0 Å². The van der Waals surface area contributed by atoms with Crippen molar-refractivity contribution in [2.45, 2.75) is 261 Å². The third-order valence-corrected chi connectivity index (χ3v) is 12.6. The van der Waals surface area contributed by atoms with Gasteiger partial charge >= 0.3 is 11.9 Å². The van der Waals surface area contributed by atoms with Gasteiger partial charge in [-0.3, -0.25) is 9.59 Å². The molecular formula is C53H94O15. The van der Waals surface area contributed by atoms with Crippen LogP contribution in [0.5, 0.6) is 0 Å². The molecule has 2 saturated heterocycles. The zero-order valence-corrected chi connectivity index (χ0v) is 41.8. The summed E-state index contributed by atoms with van der Waals surface area (Å²) in [6, 6.07) is 0. The highest BCUT2D eigenvalue weighted by Crippen LogP contribution is 2.26. The first-order chi connectivity index (χ1) is 33.0. The van der Waals surface area contributed by atoms with E-state index in [0.29, 0.717) is 12.8 Å². The summed E-state index contributed by atoms with van der Waals surface area (Å²) >= 11 is 0. The Morgan fingerprint density at radius 1 is 0.471 bits per heavy atom. The van der Waals surface area contributed by atoms with Gasteiger partial charge in [0.05, 0.1) is 19.8 Å². The maximum absolute atomic E-state index is 13.0. The average molecular weight is 971 g/mol. The van der Waals surface area contributed by atoms with Gasteiger partial charge in [0.1, 0.15) is 55.4 Å². The summed E-state index contributed by atoms with van der Waals surface area (Å²) in [7, 11) is 0. The highest BCUT2D eigenvalue weighted by Gasteiger charge is 2.47. The Kier molecular flexibility index (Phi) is 36.7. The molecule has 396 valence electrons. The third kappa shape index (κ3) is 27.9. The second kappa shape index (κ2) is 40.3. The van der Waals surface area contributed by atoms with Gasteiger partial charge in [-0.15, -0.1) is 0 Å². The van der Waals surface area contributed by atoms with E-state index in [4.69, 9.17) is 28.4 Å². The molecule has 2 heterocycles. The van der Waals surface area contributed by atoms with Crippen molar-refractivity contribution >= 4 is 11.9 Å². The van der Waals surface area contributed by atoms with E-state index in [0.717, 1.165) is 64.2 Å². The monoisotopic (exact) mass is 971 g/mol. The summed E-state index contributed by atoms with van der Waals surface area (Å²) in [4.78, 5) is 25.8. The first kappa shape index (κ1) is 61.8. The molecule has 7 N–H and O–H groups in total. The molecule has 0 aromatic rings. The zero-order chi connectivity index (χ0) is 49.6. The van der Waals surface area contributed by atoms with E-state index >= 15 is 0 Å². The largest absolute Gasteiger partial charge is 0.462 e. The van der Waals surface area contributed by atoms with Gasteiger partial charge in [-0.25, -0.2) is 0 Å². The number of hydrogen-bond donors (Lipinski definition) is 7. The lowest BCUT2D eigenvalue weighted by molar-refractivity contribution is -0.332. The van der Waals surface area contributed by atoms with Crippen LogP contribution in [0.15, 0.2) is 36.5 Å². The normalized spacial score (nSPS) is 26.0. The van der Waals surface area contributed by atoms with E-state index in [1.165, 1.54) is 89.9 Å². The predicted octanol–water partition coefficient (Wildman–Crippen LogP) is 7.71. The molecule has 0 amide bonds. The number of carbonyl (C=O) groups is 2. The molecule has 2 aliphatic heterocycles. The number of ether oxygens (including phenoxy) is 6. The molecule has 11 atom stereocenters. The molecule has 0 spiro atoms. The van der Waals surface area contributed by atoms with Crippen molar-refractivity contribution < 1.29 is 73.8 Å². The quantitative estimate of drug-likeness (QED) is 0.0177. The van der Waals surface area contributed by atoms with Gasteiger partial charge in [-0.1, -0.05) is 147 Å². The highest BCUT2D eigenvalue weighted by atomic mass is 16.7. The van der Waals surface area contributed by atoms with E-state index in [-0.39, 0.29) is 26.1 Å². The van der Waals surface area contributed by atoms with Gasteiger partial charge in [0.25, 0.3) is 0 Å². The minimum atomic E-state index is -1.77. The van der Waals surface area contributed by atoms with Crippen molar-refractivity contribution in [3.05, 3.63) is 36.5 Å². The van der Waals surface area contributed by atoms with E-state index in [9.17, 15) is 45.3 Å². The Morgan fingerprint density at radius 2 is 0.882 bits per heavy atom. The number of hydrogen-bond acceptors (Lipinski definition) is 15. The summed E-state index contributed by atoms with van der Waals surface area (Å²) in [6.45, 7) is 2.55. The van der Waals surface area contributed by atoms with Gasteiger partial charge < -0.3 is 64.2 Å². The lowest BCUT2D eigenvalue weighted by Crippen LogP contribution is -2.61. The molecule has 2 fully saturated rings. The Balaban J connectivity index is 1.81. The first-order valence-corrected chi connectivity index (χ1v) is 26.6. The van der Waals surface area contributed by atoms with Crippen LogP contribution in [0.1, 0.15) is 194 Å². The minimum absolute atomic E-state index is 0.144. The van der Waals surface area contributed by atoms with Gasteiger partial charge in [-0.2, -0.15) is 0 Å². The van der Waals surface area contributed by atoms with E-state index < -0.39 is 92.7 Å². The second-order valence-corrected chi connectivity index (χ2v) is 18.7. The summed E-state index contributed by atoms with van der Waals surface area (Å²) in [6.07, 6.45) is 25.9. The topological polar surface area (TPSA) is 231 Å². The minimum Gasteiger partial charge on any atom is -0.462 e. The van der Waals surface area contributed by atoms with E-state index in [2.05, 4.69) is 50.3 Å². The molecular weight excluding hydrogens is 877 g/mol. The van der Waals surface area contributed by atoms with Crippen molar-refractivity contribution in [1.82, 2.24) is 0 Å². The van der Waals surface area contributed by atoms with Gasteiger partial charge in [0.2, 0.25) is 0 Å². The van der Waals surface area contributed by atoms with Gasteiger partial charge in [-0.05, 0) is 70.6 Å². The maximum atomic E-state index is 13.0. The zero-order valence-electron chi connectivity index (χ0n) is 41.8. The molecule has 0 bridgehead atoms. The second-order valence-electron chi connectivity index (χ2n) is 18.7. The number of rotatable bonds is 41. The smallest absolute Gasteiger partial charge is 0.306 e. The molecule has 4 unspecified atom stereocenters. The number of aliphatic hydroxyl groups excluding tert-OH is 7. The molecule has 68 heavy (non-hydrogen) atoms. The summed E-state index contributed by atoms with van der Waals surface area (Å²) < 4.78 is 33.6. The predicted molar refractivity (Wildman–Crippen MR) is 261 cm³/mol. The number of carbonyl (C=O) groups excluding carboxylic acids is 2. The van der Waals surface area contributed by atoms with Crippen LogP contribution in [0.3, 0.4) is 0 Å². The fourth-order valence-corrected chi connectivity index (χ4v) is 8.18. The molecule has 2 rings (SSSR count). The Bertz CT molecular complexity index is 1330. The first-order valence-electron chi connectivity index (χ1n) is 26.6. The van der Waals surface area contributed by atoms with E-state index in [1.807, 2.05) is 0 Å². The standard InChI is InChI=1S/C53H94O15/c1-3-5-7-9-11-13-15-17-19-20-22-23-25-27-29-31-33-35-44(55)63-38-41(66-45(56)36-34-32-30-28-26-24-21-18-16-14-12-10-8-6-4-2)39-64-52-51(62)49(60)47(58)43(68-52)40-65-53-50(61)48(59)46(57)42(37-54)67-53/h11,13,17,19,24,26,41-43,46-54,57-62H,3-10,12,14-16,18,20-23,25,27-40H2,1-2H3/b13-11+,19-17+,26-24+/t41-,42+,43+,46-,47-,48?,49?,50?,51?,52+,53+/m0/s1. The molecule has 0 aromatic heterocycles. The number of aliphatic hydroxyl groups is 7. The fourth-order valence-electron chi connectivity index (χ4n) is 8.18. The summed E-state index contributed by atoms with van der Waals surface area (Å²) in [5, 5.41) is 72.1. The van der Waals surface area contributed by atoms with Crippen LogP contribution in [0, 0.1) is 0 Å². The molecule has 2 aliphatic rings. The van der Waals surface area contributed by atoms with Gasteiger partial charge in [0, 0.05) is 12.8 Å². The lowest BCUT2D eigenvalue weighted by atomic mass is 9.98. The Hall–Kier alpha value is -2.28. The number of allylic oxidation sites excluding steroid dienone is 6. The van der Waals surface area contributed by atoms with Crippen molar-refractivity contribution in [3.8, 4) is 0 Å². The summed E-state index contributed by atoms with van der Waals surface area (Å²) in [5.74, 6) is -0.949. The van der Waals surface area contributed by atoms with Crippen LogP contribution in [-0.4, -0.2) is 142 Å². The molecule has 0 radical (unpaired) electrons. The molecule has 15 heteroatoms. The highest BCUT2D eigenvalue weighted by molar-refractivity contribution is 5.70. The fraction of sp³-hybridized carbons (Fsp3) is 0.849. The SMILES string of the molecule is CCCCC/C=C/C/C=C/CCCCCCCCCC(=O)OC[C@@H](CO[C@@H]1O[C@H](CO[C@@H]2O[C@H](CO)[C@H](O)C(O)C2O)[C@H](O)C(O)C1O)OC(=O)CCCCC/C=C/CCCCCCCCCC.